The number of nitrogens with zero attached hydrogens (tertiary/aromatic N) is 4. The number of allylic oxidation sites excluding steroid dienone is 1. The highest BCUT2D eigenvalue weighted by Gasteiger charge is 2.30. The normalized spacial score (nSPS) is 17.6. The maximum Gasteiger partial charge on any atom is 0.149 e. The molecule has 0 spiro atoms. The smallest absolute Gasteiger partial charge is 0.149 e. The van der Waals surface area contributed by atoms with E-state index in [0.717, 1.165) is 35.1 Å². The summed E-state index contributed by atoms with van der Waals surface area (Å²) in [7, 11) is 2.16. The van der Waals surface area contributed by atoms with Gasteiger partial charge in [0.15, 0.2) is 0 Å². The highest BCUT2D eigenvalue weighted by molar-refractivity contribution is 5.68. The molecule has 0 aliphatic carbocycles. The van der Waals surface area contributed by atoms with Crippen LogP contribution in [0.1, 0.15) is 30.5 Å². The molecule has 2 aromatic carbocycles. The van der Waals surface area contributed by atoms with E-state index in [-0.39, 0.29) is 11.4 Å². The van der Waals surface area contributed by atoms with Gasteiger partial charge in [0.25, 0.3) is 0 Å². The van der Waals surface area contributed by atoms with Crippen molar-refractivity contribution in [3.63, 3.8) is 0 Å². The number of rotatable bonds is 2. The molecule has 3 aromatic rings. The van der Waals surface area contributed by atoms with Crippen molar-refractivity contribution in [1.82, 2.24) is 15.1 Å². The summed E-state index contributed by atoms with van der Waals surface area (Å²) in [6.45, 7) is 11.4. The third-order valence-electron chi connectivity index (χ3n) is 6.49. The number of hydrogen-bond donors (Lipinski definition) is 1. The zero-order chi connectivity index (χ0) is 21.9. The zero-order valence-corrected chi connectivity index (χ0v) is 18.3. The number of para-hydroxylation sites is 1. The highest BCUT2D eigenvalue weighted by atomic mass is 19.1. The Morgan fingerprint density at radius 2 is 1.97 bits per heavy atom. The zero-order valence-electron chi connectivity index (χ0n) is 18.3. The van der Waals surface area contributed by atoms with Crippen molar-refractivity contribution in [3.8, 4) is 11.3 Å². The number of hydrogen-bond acceptors (Lipinski definition) is 4. The van der Waals surface area contributed by atoms with E-state index in [9.17, 15) is 4.39 Å². The predicted octanol–water partition coefficient (Wildman–Crippen LogP) is 3.64. The number of aromatic amines is 1. The Labute approximate surface area is 181 Å². The topological polar surface area (TPSA) is 47.5 Å². The number of aromatic nitrogens is 2. The van der Waals surface area contributed by atoms with Crippen LogP contribution in [0.5, 0.6) is 0 Å². The summed E-state index contributed by atoms with van der Waals surface area (Å²) in [5.41, 5.74) is 6.38. The highest BCUT2D eigenvalue weighted by Crippen LogP contribution is 2.32. The van der Waals surface area contributed by atoms with Crippen LogP contribution in [-0.2, 0) is 13.0 Å². The molecule has 0 unspecified atom stereocenters. The van der Waals surface area contributed by atoms with Gasteiger partial charge in [0.2, 0.25) is 0 Å². The lowest BCUT2D eigenvalue weighted by Gasteiger charge is -2.41. The lowest BCUT2D eigenvalue weighted by molar-refractivity contribution is 0.133. The molecule has 0 radical (unpaired) electrons. The average molecular weight is 416 g/mol. The van der Waals surface area contributed by atoms with Crippen LogP contribution in [0.3, 0.4) is 0 Å². The molecule has 5 nitrogen and oxygen atoms in total. The number of H-pyrrole nitrogens is 1. The van der Waals surface area contributed by atoms with Gasteiger partial charge in [-0.1, -0.05) is 30.8 Å². The van der Waals surface area contributed by atoms with Crippen LogP contribution in [0.2, 0.25) is 0 Å². The number of aryl methyl sites for hydroxylation is 1. The first-order valence-corrected chi connectivity index (χ1v) is 10.5. The molecule has 5 rings (SSSR count). The summed E-state index contributed by atoms with van der Waals surface area (Å²) in [5.74, 6) is -0.328. The molecule has 0 bridgehead atoms. The second-order valence-corrected chi connectivity index (χ2v) is 9.12. The minimum atomic E-state index is -0.328. The van der Waals surface area contributed by atoms with Crippen molar-refractivity contribution in [2.45, 2.75) is 39.3 Å². The maximum absolute atomic E-state index is 14.6. The van der Waals surface area contributed by atoms with Crippen LogP contribution in [0, 0.1) is 12.7 Å². The van der Waals surface area contributed by atoms with Gasteiger partial charge in [-0.3, -0.25) is 10.00 Å². The van der Waals surface area contributed by atoms with E-state index in [1.807, 2.05) is 19.1 Å². The van der Waals surface area contributed by atoms with Crippen LogP contribution in [0.15, 0.2) is 53.8 Å². The third-order valence-corrected chi connectivity index (χ3v) is 6.49. The fraction of sp³-hybridized carbons (Fsp3) is 0.280. The molecule has 158 valence electrons. The summed E-state index contributed by atoms with van der Waals surface area (Å²) in [6, 6.07) is 11.5. The van der Waals surface area contributed by atoms with Gasteiger partial charge in [0, 0.05) is 17.6 Å². The van der Waals surface area contributed by atoms with E-state index in [2.05, 4.69) is 60.8 Å². The van der Waals surface area contributed by atoms with E-state index >= 15 is 0 Å². The van der Waals surface area contributed by atoms with Crippen LogP contribution in [0.4, 0.5) is 10.1 Å². The lowest BCUT2D eigenvalue weighted by Crippen LogP contribution is -2.45. The minimum absolute atomic E-state index is 0.142. The van der Waals surface area contributed by atoms with Gasteiger partial charge in [-0.15, -0.1) is 0 Å². The summed E-state index contributed by atoms with van der Waals surface area (Å²) < 4.78 is 14.6. The number of likely N-dealkylation sites (N-methyl/N-ethyl adjacent to an activating group) is 1. The van der Waals surface area contributed by atoms with Gasteiger partial charge in [-0.2, -0.15) is 10.2 Å². The van der Waals surface area contributed by atoms with E-state index in [4.69, 9.17) is 5.10 Å². The molecule has 2 aliphatic heterocycles. The van der Waals surface area contributed by atoms with E-state index < -0.39 is 0 Å². The van der Waals surface area contributed by atoms with Crippen LogP contribution in [-0.4, -0.2) is 27.7 Å². The largest absolute Gasteiger partial charge is 0.297 e. The number of anilines is 1. The van der Waals surface area contributed by atoms with Crippen molar-refractivity contribution < 1.29 is 4.39 Å². The Bertz CT molecular complexity index is 1310. The molecule has 6 heteroatoms. The van der Waals surface area contributed by atoms with Crippen LogP contribution < -0.4 is 15.7 Å². The van der Waals surface area contributed by atoms with Crippen molar-refractivity contribution in [2.24, 2.45) is 5.10 Å². The fourth-order valence-electron chi connectivity index (χ4n) is 4.39. The van der Waals surface area contributed by atoms with Gasteiger partial charge in [-0.05, 0) is 69.1 Å². The molecule has 31 heavy (non-hydrogen) atoms. The lowest BCUT2D eigenvalue weighted by atomic mass is 9.85. The van der Waals surface area contributed by atoms with Gasteiger partial charge < -0.3 is 0 Å². The van der Waals surface area contributed by atoms with Crippen molar-refractivity contribution in [2.75, 3.05) is 12.1 Å². The summed E-state index contributed by atoms with van der Waals surface area (Å²) in [4.78, 5) is 2.38. The molecular formula is C25H26FN5. The van der Waals surface area contributed by atoms with Gasteiger partial charge in [-0.25, -0.2) is 9.40 Å². The minimum Gasteiger partial charge on any atom is -0.297 e. The number of halogens is 1. The van der Waals surface area contributed by atoms with Gasteiger partial charge in [0.05, 0.1) is 11.0 Å². The average Bonchev–Trinajstić information content (AvgIpc) is 3.11. The molecule has 1 N–H and O–H groups in total. The number of fused-ring (bicyclic) bond motifs is 2. The fourth-order valence-corrected chi connectivity index (χ4v) is 4.39. The van der Waals surface area contributed by atoms with Crippen LogP contribution in [0.25, 0.3) is 17.3 Å². The number of nitrogens with one attached hydrogen (secondary N) is 1. The second kappa shape index (κ2) is 6.89. The Morgan fingerprint density at radius 3 is 2.74 bits per heavy atom. The van der Waals surface area contributed by atoms with Crippen molar-refractivity contribution in [1.29, 1.82) is 0 Å². The first-order chi connectivity index (χ1) is 14.7. The summed E-state index contributed by atoms with van der Waals surface area (Å²) >= 11 is 0. The standard InChI is InChI=1S/C25H26FN5/c1-15-7-6-8-20(26)24(15)31-16(2)11-21-23(29-31)22(28-27-21)17-9-10-18-13-25(3,4)30(5)14-19(18)12-17/h6-12,27H,2,13-14H2,1,3-5H3. The van der Waals surface area contributed by atoms with Gasteiger partial charge in [0.1, 0.15) is 22.6 Å². The van der Waals surface area contributed by atoms with Crippen molar-refractivity contribution >= 4 is 11.8 Å². The quantitative estimate of drug-likeness (QED) is 0.695. The SMILES string of the molecule is C=C1C=c2[nH]nc(-c3ccc4c(c3)CN(C)C(C)(C)C4)c2=NN1c1c(C)cccc1F. The molecular weight excluding hydrogens is 389 g/mol. The Hall–Kier alpha value is -3.25. The molecule has 1 aromatic heterocycles. The monoisotopic (exact) mass is 415 g/mol. The van der Waals surface area contributed by atoms with Gasteiger partial charge >= 0.3 is 0 Å². The molecule has 3 heterocycles. The molecule has 0 saturated carbocycles. The van der Waals surface area contributed by atoms with E-state index in [1.54, 1.807) is 11.1 Å². The molecule has 0 fully saturated rings. The first kappa shape index (κ1) is 19.7. The molecule has 0 amide bonds. The Kier molecular flexibility index (Phi) is 4.38. The summed E-state index contributed by atoms with van der Waals surface area (Å²) in [6.07, 6.45) is 2.87. The molecule has 0 atom stereocenters. The number of benzene rings is 2. The Morgan fingerprint density at radius 1 is 1.16 bits per heavy atom. The van der Waals surface area contributed by atoms with Crippen molar-refractivity contribution in [3.05, 3.63) is 81.9 Å². The van der Waals surface area contributed by atoms with E-state index in [0.29, 0.717) is 16.7 Å². The molecule has 2 aliphatic rings. The Balaban J connectivity index is 1.62. The maximum atomic E-state index is 14.6. The predicted molar refractivity (Wildman–Crippen MR) is 121 cm³/mol. The second-order valence-electron chi connectivity index (χ2n) is 9.12. The van der Waals surface area contributed by atoms with E-state index in [1.165, 1.54) is 17.2 Å². The third kappa shape index (κ3) is 3.18. The molecule has 0 saturated heterocycles. The summed E-state index contributed by atoms with van der Waals surface area (Å²) in [5, 5.41) is 15.4. The first-order valence-electron chi connectivity index (χ1n) is 10.5. The van der Waals surface area contributed by atoms with Crippen LogP contribution >= 0.6 is 0 Å².